The van der Waals surface area contributed by atoms with Gasteiger partial charge >= 0.3 is 0 Å². The lowest BCUT2D eigenvalue weighted by atomic mass is 9.73. The van der Waals surface area contributed by atoms with E-state index in [1.54, 1.807) is 18.2 Å². The van der Waals surface area contributed by atoms with Crippen molar-refractivity contribution in [3.05, 3.63) is 10.1 Å². The minimum atomic E-state index is -1.84. The summed E-state index contributed by atoms with van der Waals surface area (Å²) in [7, 11) is 0. The van der Waals surface area contributed by atoms with Gasteiger partial charge in [-0.1, -0.05) is 6.92 Å². The van der Waals surface area contributed by atoms with Crippen molar-refractivity contribution in [1.29, 1.82) is 21.2 Å². The second kappa shape index (κ2) is 3.54. The van der Waals surface area contributed by atoms with Crippen molar-refractivity contribution < 1.29 is 4.92 Å². The summed E-state index contributed by atoms with van der Waals surface area (Å²) in [6.07, 6.45) is 0. The van der Waals surface area contributed by atoms with Crippen molar-refractivity contribution in [2.24, 2.45) is 17.3 Å². The molecule has 7 nitrogen and oxygen atoms in total. The zero-order chi connectivity index (χ0) is 13.4. The van der Waals surface area contributed by atoms with E-state index in [1.807, 2.05) is 0 Å². The Morgan fingerprint density at radius 1 is 1.41 bits per heavy atom. The van der Waals surface area contributed by atoms with E-state index >= 15 is 0 Å². The predicted octanol–water partition coefficient (Wildman–Crippen LogP) is 0.865. The molecule has 1 saturated carbocycles. The molecule has 0 aromatic rings. The maximum atomic E-state index is 11.1. The van der Waals surface area contributed by atoms with Crippen LogP contribution in [0, 0.1) is 66.8 Å². The van der Waals surface area contributed by atoms with Crippen molar-refractivity contribution in [2.75, 3.05) is 0 Å². The van der Waals surface area contributed by atoms with Crippen LogP contribution in [0.15, 0.2) is 0 Å². The summed E-state index contributed by atoms with van der Waals surface area (Å²) in [6.45, 7) is 2.54. The molecule has 1 unspecified atom stereocenters. The Hall–Kier alpha value is -2.46. The molecular weight excluding hydrogens is 222 g/mol. The van der Waals surface area contributed by atoms with E-state index in [9.17, 15) is 10.1 Å². The van der Waals surface area contributed by atoms with E-state index in [-0.39, 0.29) is 0 Å². The van der Waals surface area contributed by atoms with Gasteiger partial charge < -0.3 is 5.41 Å². The van der Waals surface area contributed by atoms with Gasteiger partial charge in [-0.3, -0.25) is 10.1 Å². The van der Waals surface area contributed by atoms with Gasteiger partial charge in [0.15, 0.2) is 5.41 Å². The third-order valence-corrected chi connectivity index (χ3v) is 3.69. The van der Waals surface area contributed by atoms with E-state index in [0.717, 1.165) is 0 Å². The van der Waals surface area contributed by atoms with Gasteiger partial charge in [-0.05, 0) is 0 Å². The largest absolute Gasteiger partial charge is 0.301 e. The molecule has 0 bridgehead atoms. The Bertz CT molecular complexity index is 506. The third-order valence-electron chi connectivity index (χ3n) is 3.69. The molecule has 1 rings (SSSR count). The fourth-order valence-corrected chi connectivity index (χ4v) is 2.22. The first-order chi connectivity index (χ1) is 7.82. The highest BCUT2D eigenvalue weighted by atomic mass is 16.6. The zero-order valence-electron chi connectivity index (χ0n) is 9.26. The molecule has 0 aromatic carbocycles. The molecule has 1 fully saturated rings. The first-order valence-corrected chi connectivity index (χ1v) is 4.78. The van der Waals surface area contributed by atoms with Crippen LogP contribution in [0.5, 0.6) is 0 Å². The molecule has 0 aliphatic heterocycles. The molecular formula is C10H9N5O2. The van der Waals surface area contributed by atoms with Crippen molar-refractivity contribution in [3.63, 3.8) is 0 Å². The van der Waals surface area contributed by atoms with Gasteiger partial charge in [0.25, 0.3) is 5.54 Å². The molecule has 17 heavy (non-hydrogen) atoms. The fourth-order valence-electron chi connectivity index (χ4n) is 2.22. The maximum Gasteiger partial charge on any atom is 0.262 e. The Morgan fingerprint density at radius 3 is 2.12 bits per heavy atom. The molecule has 0 spiro atoms. The van der Waals surface area contributed by atoms with Gasteiger partial charge in [-0.25, -0.2) is 0 Å². The van der Waals surface area contributed by atoms with Gasteiger partial charge in [-0.15, -0.1) is 0 Å². The SMILES string of the molecule is C[C@@H]1C(C#N)(C#N)C(C#N)C(=N)[C@@]1(C)[N+](=O)[O-]. The minimum Gasteiger partial charge on any atom is -0.301 e. The molecule has 0 aromatic heterocycles. The molecule has 3 atom stereocenters. The summed E-state index contributed by atoms with van der Waals surface area (Å²) in [4.78, 5) is 10.4. The number of nitro groups is 1. The number of hydrogen-bond donors (Lipinski definition) is 1. The smallest absolute Gasteiger partial charge is 0.262 e. The lowest BCUT2D eigenvalue weighted by molar-refractivity contribution is -0.551. The van der Waals surface area contributed by atoms with E-state index in [2.05, 4.69) is 0 Å². The number of nitrogens with zero attached hydrogens (tertiary/aromatic N) is 4. The lowest BCUT2D eigenvalue weighted by Gasteiger charge is -2.23. The van der Waals surface area contributed by atoms with Gasteiger partial charge in [0, 0.05) is 11.8 Å². The van der Waals surface area contributed by atoms with E-state index in [1.165, 1.54) is 13.8 Å². The number of hydrogen-bond acceptors (Lipinski definition) is 6. The van der Waals surface area contributed by atoms with Crippen molar-refractivity contribution in [3.8, 4) is 18.2 Å². The van der Waals surface area contributed by atoms with Crippen LogP contribution in [0.4, 0.5) is 0 Å². The third kappa shape index (κ3) is 1.15. The quantitative estimate of drug-likeness (QED) is 0.526. The molecule has 86 valence electrons. The molecule has 7 heteroatoms. The lowest BCUT2D eigenvalue weighted by Crippen LogP contribution is -2.45. The van der Waals surface area contributed by atoms with Crippen molar-refractivity contribution in [1.82, 2.24) is 0 Å². The Morgan fingerprint density at radius 2 is 1.88 bits per heavy atom. The summed E-state index contributed by atoms with van der Waals surface area (Å²) in [5.41, 5.74) is -4.14. The van der Waals surface area contributed by atoms with Crippen molar-refractivity contribution in [2.45, 2.75) is 19.4 Å². The Balaban J connectivity index is 3.59. The van der Waals surface area contributed by atoms with Crippen LogP contribution in [0.25, 0.3) is 0 Å². The minimum absolute atomic E-state index is 0.472. The summed E-state index contributed by atoms with van der Waals surface area (Å²) in [5, 5.41) is 45.9. The van der Waals surface area contributed by atoms with E-state index in [4.69, 9.17) is 21.2 Å². The van der Waals surface area contributed by atoms with Gasteiger partial charge in [-0.2, -0.15) is 15.8 Å². The van der Waals surface area contributed by atoms with Gasteiger partial charge in [0.1, 0.15) is 11.6 Å². The molecule has 0 saturated heterocycles. The summed E-state index contributed by atoms with van der Waals surface area (Å²) < 4.78 is 0. The maximum absolute atomic E-state index is 11.1. The average Bonchev–Trinajstić information content (AvgIpc) is 2.48. The summed E-state index contributed by atoms with van der Waals surface area (Å²) in [6, 6.07) is 5.05. The Labute approximate surface area is 97.5 Å². The normalized spacial score (nSPS) is 34.4. The first kappa shape index (κ1) is 12.6. The second-order valence-electron chi connectivity index (χ2n) is 4.19. The van der Waals surface area contributed by atoms with Crippen LogP contribution >= 0.6 is 0 Å². The van der Waals surface area contributed by atoms with Crippen LogP contribution in [0.1, 0.15) is 13.8 Å². The molecule has 0 radical (unpaired) electrons. The van der Waals surface area contributed by atoms with Gasteiger partial charge in [0.2, 0.25) is 0 Å². The standard InChI is InChI=1S/C10H9N5O2/c1-6-9(2,15(16)17)8(14)7(3-11)10(6,4-12)5-13/h6-7,14H,1-2H3/t6-,7?,9-/m0/s1. The summed E-state index contributed by atoms with van der Waals surface area (Å²) in [5.74, 6) is -2.37. The predicted molar refractivity (Wildman–Crippen MR) is 55.1 cm³/mol. The monoisotopic (exact) mass is 231 g/mol. The number of nitrogens with one attached hydrogen (secondary N) is 1. The summed E-state index contributed by atoms with van der Waals surface area (Å²) >= 11 is 0. The highest BCUT2D eigenvalue weighted by molar-refractivity contribution is 5.98. The van der Waals surface area contributed by atoms with Crippen LogP contribution < -0.4 is 0 Å². The highest BCUT2D eigenvalue weighted by Crippen LogP contribution is 2.51. The fraction of sp³-hybridized carbons (Fsp3) is 0.600. The highest BCUT2D eigenvalue weighted by Gasteiger charge is 2.70. The molecule has 0 heterocycles. The number of nitriles is 3. The van der Waals surface area contributed by atoms with Crippen LogP contribution in [0.2, 0.25) is 0 Å². The molecule has 1 N–H and O–H groups in total. The molecule has 1 aliphatic rings. The zero-order valence-corrected chi connectivity index (χ0v) is 9.26. The van der Waals surface area contributed by atoms with Crippen LogP contribution in [0.3, 0.4) is 0 Å². The van der Waals surface area contributed by atoms with Crippen molar-refractivity contribution >= 4 is 5.71 Å². The van der Waals surface area contributed by atoms with E-state index in [0.29, 0.717) is 0 Å². The first-order valence-electron chi connectivity index (χ1n) is 4.78. The topological polar surface area (TPSA) is 138 Å². The second-order valence-corrected chi connectivity index (χ2v) is 4.19. The van der Waals surface area contributed by atoms with Crippen LogP contribution in [-0.2, 0) is 0 Å². The number of rotatable bonds is 1. The van der Waals surface area contributed by atoms with E-state index < -0.39 is 33.4 Å². The van der Waals surface area contributed by atoms with Crippen LogP contribution in [-0.4, -0.2) is 16.2 Å². The Kier molecular flexibility index (Phi) is 2.62. The van der Waals surface area contributed by atoms with Gasteiger partial charge in [0.05, 0.1) is 24.1 Å². The average molecular weight is 231 g/mol. The molecule has 1 aliphatic carbocycles. The molecule has 0 amide bonds.